The van der Waals surface area contributed by atoms with Crippen molar-refractivity contribution < 1.29 is 0 Å². The molecule has 0 bridgehead atoms. The summed E-state index contributed by atoms with van der Waals surface area (Å²) in [6.45, 7) is 5.07. The molecule has 0 aliphatic heterocycles. The number of anilines is 1. The summed E-state index contributed by atoms with van der Waals surface area (Å²) in [6.07, 6.45) is 4.81. The molecule has 2 N–H and O–H groups in total. The molecule has 0 aliphatic carbocycles. The first-order chi connectivity index (χ1) is 9.24. The lowest BCUT2D eigenvalue weighted by Gasteiger charge is -2.08. The van der Waals surface area contributed by atoms with Crippen LogP contribution in [0.1, 0.15) is 38.2 Å². The van der Waals surface area contributed by atoms with Gasteiger partial charge in [0.1, 0.15) is 0 Å². The van der Waals surface area contributed by atoms with Crippen LogP contribution in [-0.4, -0.2) is 20.2 Å². The van der Waals surface area contributed by atoms with E-state index < -0.39 is 0 Å². The van der Waals surface area contributed by atoms with E-state index in [4.69, 9.17) is 5.73 Å². The van der Waals surface area contributed by atoms with E-state index in [9.17, 15) is 0 Å². The molecule has 1 aromatic carbocycles. The molecule has 1 heterocycles. The molecule has 2 aromatic rings. The topological polar surface area (TPSA) is 69.6 Å². The maximum absolute atomic E-state index is 5.94. The van der Waals surface area contributed by atoms with Crippen LogP contribution < -0.4 is 5.73 Å². The van der Waals surface area contributed by atoms with Gasteiger partial charge in [-0.05, 0) is 35.4 Å². The predicted octanol–water partition coefficient (Wildman–Crippen LogP) is 2.81. The Balaban J connectivity index is 2.17. The fourth-order valence-corrected chi connectivity index (χ4v) is 2.13. The molecule has 2 rings (SSSR count). The summed E-state index contributed by atoms with van der Waals surface area (Å²) in [5.74, 6) is 0.807. The zero-order chi connectivity index (χ0) is 13.7. The third-order valence-corrected chi connectivity index (χ3v) is 3.37. The molecule has 0 radical (unpaired) electrons. The number of rotatable bonds is 6. The summed E-state index contributed by atoms with van der Waals surface area (Å²) < 4.78 is 1.87. The summed E-state index contributed by atoms with van der Waals surface area (Å²) in [6, 6.07) is 5.85. The molecule has 1 aromatic heterocycles. The van der Waals surface area contributed by atoms with Crippen LogP contribution in [0.15, 0.2) is 18.2 Å². The summed E-state index contributed by atoms with van der Waals surface area (Å²) in [5, 5.41) is 12.0. The van der Waals surface area contributed by atoms with Crippen molar-refractivity contribution in [3.63, 3.8) is 0 Å². The Labute approximate surface area is 113 Å². The number of aromatic nitrogens is 4. The van der Waals surface area contributed by atoms with E-state index in [2.05, 4.69) is 22.4 Å². The highest BCUT2D eigenvalue weighted by Crippen LogP contribution is 2.24. The van der Waals surface area contributed by atoms with Crippen molar-refractivity contribution in [1.82, 2.24) is 20.2 Å². The summed E-state index contributed by atoms with van der Waals surface area (Å²) in [7, 11) is 0. The number of aryl methyl sites for hydroxylation is 1. The van der Waals surface area contributed by atoms with E-state index >= 15 is 0 Å². The molecule has 0 spiro atoms. The second kappa shape index (κ2) is 6.31. The van der Waals surface area contributed by atoms with Crippen LogP contribution in [0.2, 0.25) is 0 Å². The Bertz CT molecular complexity index is 532. The Kier molecular flexibility index (Phi) is 4.49. The Hall–Kier alpha value is -1.91. The Morgan fingerprint density at radius 1 is 1.21 bits per heavy atom. The molecule has 0 saturated heterocycles. The van der Waals surface area contributed by atoms with E-state index in [1.54, 1.807) is 0 Å². The van der Waals surface area contributed by atoms with E-state index in [-0.39, 0.29) is 0 Å². The maximum Gasteiger partial charge on any atom is 0.182 e. The number of unbranched alkanes of at least 4 members (excludes halogenated alkanes) is 3. The van der Waals surface area contributed by atoms with Gasteiger partial charge >= 0.3 is 0 Å². The van der Waals surface area contributed by atoms with Crippen molar-refractivity contribution in [1.29, 1.82) is 0 Å². The van der Waals surface area contributed by atoms with Gasteiger partial charge in [-0.3, -0.25) is 0 Å². The molecule has 0 unspecified atom stereocenters. The van der Waals surface area contributed by atoms with Crippen molar-refractivity contribution in [2.45, 2.75) is 46.1 Å². The average molecular weight is 259 g/mol. The lowest BCUT2D eigenvalue weighted by molar-refractivity contribution is 0.531. The van der Waals surface area contributed by atoms with Crippen LogP contribution in [0.4, 0.5) is 5.69 Å². The van der Waals surface area contributed by atoms with Gasteiger partial charge in [-0.15, -0.1) is 5.10 Å². The highest BCUT2D eigenvalue weighted by Gasteiger charge is 2.12. The Morgan fingerprint density at radius 3 is 2.84 bits per heavy atom. The van der Waals surface area contributed by atoms with Crippen molar-refractivity contribution in [2.24, 2.45) is 0 Å². The van der Waals surface area contributed by atoms with Gasteiger partial charge in [-0.2, -0.15) is 0 Å². The third kappa shape index (κ3) is 3.10. The number of tetrazole rings is 1. The highest BCUT2D eigenvalue weighted by molar-refractivity contribution is 5.67. The van der Waals surface area contributed by atoms with Gasteiger partial charge in [0.25, 0.3) is 0 Å². The van der Waals surface area contributed by atoms with Crippen LogP contribution in [-0.2, 0) is 6.54 Å². The fourth-order valence-electron chi connectivity index (χ4n) is 2.13. The molecule has 102 valence electrons. The van der Waals surface area contributed by atoms with Crippen LogP contribution in [0, 0.1) is 6.92 Å². The van der Waals surface area contributed by atoms with Crippen LogP contribution in [0.25, 0.3) is 11.4 Å². The molecule has 0 aliphatic rings. The molecule has 0 fully saturated rings. The predicted molar refractivity (Wildman–Crippen MR) is 76.5 cm³/mol. The molecular weight excluding hydrogens is 238 g/mol. The second-order valence-corrected chi connectivity index (χ2v) is 4.81. The smallest absolute Gasteiger partial charge is 0.182 e. The molecular formula is C14H21N5. The van der Waals surface area contributed by atoms with Crippen molar-refractivity contribution >= 4 is 5.69 Å². The standard InChI is InChI=1S/C14H21N5/c1-3-4-5-6-10-19-14(16-17-18-19)12-8-7-9-13(15)11(12)2/h7-9H,3-6,10,15H2,1-2H3. The first-order valence-corrected chi connectivity index (χ1v) is 6.85. The van der Waals surface area contributed by atoms with Crippen molar-refractivity contribution in [3.05, 3.63) is 23.8 Å². The van der Waals surface area contributed by atoms with Gasteiger partial charge in [0.2, 0.25) is 0 Å². The summed E-state index contributed by atoms with van der Waals surface area (Å²) >= 11 is 0. The molecule has 5 nitrogen and oxygen atoms in total. The van der Waals surface area contributed by atoms with Gasteiger partial charge in [0.15, 0.2) is 5.82 Å². The first-order valence-electron chi connectivity index (χ1n) is 6.85. The molecule has 0 saturated carbocycles. The molecule has 5 heteroatoms. The number of benzene rings is 1. The number of nitrogens with two attached hydrogens (primary N) is 1. The van der Waals surface area contributed by atoms with Crippen LogP contribution in [0.5, 0.6) is 0 Å². The van der Waals surface area contributed by atoms with Crippen molar-refractivity contribution in [2.75, 3.05) is 5.73 Å². The average Bonchev–Trinajstić information content (AvgIpc) is 2.86. The van der Waals surface area contributed by atoms with Gasteiger partial charge < -0.3 is 5.73 Å². The summed E-state index contributed by atoms with van der Waals surface area (Å²) in [4.78, 5) is 0. The number of nitrogen functional groups attached to an aromatic ring is 1. The largest absolute Gasteiger partial charge is 0.398 e. The fraction of sp³-hybridized carbons (Fsp3) is 0.500. The highest BCUT2D eigenvalue weighted by atomic mass is 15.5. The number of hydrogen-bond donors (Lipinski definition) is 1. The van der Waals surface area contributed by atoms with Crippen molar-refractivity contribution in [3.8, 4) is 11.4 Å². The van der Waals surface area contributed by atoms with E-state index in [0.29, 0.717) is 0 Å². The molecule has 0 atom stereocenters. The van der Waals surface area contributed by atoms with Crippen LogP contribution in [0.3, 0.4) is 0 Å². The number of hydrogen-bond acceptors (Lipinski definition) is 4. The van der Waals surface area contributed by atoms with E-state index in [0.717, 1.165) is 35.6 Å². The lowest BCUT2D eigenvalue weighted by atomic mass is 10.1. The van der Waals surface area contributed by atoms with Gasteiger partial charge in [-0.1, -0.05) is 38.3 Å². The van der Waals surface area contributed by atoms with E-state index in [1.807, 2.05) is 29.8 Å². The number of nitrogens with zero attached hydrogens (tertiary/aromatic N) is 4. The zero-order valence-corrected chi connectivity index (χ0v) is 11.6. The summed E-state index contributed by atoms with van der Waals surface area (Å²) in [5.41, 5.74) is 8.76. The van der Waals surface area contributed by atoms with Gasteiger partial charge in [0, 0.05) is 17.8 Å². The third-order valence-electron chi connectivity index (χ3n) is 3.37. The maximum atomic E-state index is 5.94. The molecule has 19 heavy (non-hydrogen) atoms. The zero-order valence-electron chi connectivity index (χ0n) is 11.6. The SMILES string of the molecule is CCCCCCn1nnnc1-c1cccc(N)c1C. The second-order valence-electron chi connectivity index (χ2n) is 4.81. The van der Waals surface area contributed by atoms with Crippen LogP contribution >= 0.6 is 0 Å². The minimum absolute atomic E-state index is 0.776. The Morgan fingerprint density at radius 2 is 2.05 bits per heavy atom. The minimum Gasteiger partial charge on any atom is -0.398 e. The first kappa shape index (κ1) is 13.5. The molecule has 0 amide bonds. The quantitative estimate of drug-likeness (QED) is 0.639. The van der Waals surface area contributed by atoms with Gasteiger partial charge in [0.05, 0.1) is 0 Å². The van der Waals surface area contributed by atoms with Gasteiger partial charge in [-0.25, -0.2) is 4.68 Å². The monoisotopic (exact) mass is 259 g/mol. The lowest BCUT2D eigenvalue weighted by Crippen LogP contribution is -2.04. The van der Waals surface area contributed by atoms with E-state index in [1.165, 1.54) is 19.3 Å². The normalized spacial score (nSPS) is 10.8. The minimum atomic E-state index is 0.776.